The molecule has 0 fully saturated rings. The van der Waals surface area contributed by atoms with Crippen molar-refractivity contribution >= 4 is 56.4 Å². The van der Waals surface area contributed by atoms with Crippen molar-refractivity contribution in [3.8, 4) is 5.75 Å². The van der Waals surface area contributed by atoms with Crippen LogP contribution in [-0.4, -0.2) is 13.0 Å². The van der Waals surface area contributed by atoms with E-state index in [1.807, 2.05) is 0 Å². The number of benzene rings is 2. The predicted molar refractivity (Wildman–Crippen MR) is 89.5 cm³/mol. The molecule has 0 atom stereocenters. The molecule has 2 rings (SSSR count). The number of ether oxygens (including phenoxy) is 1. The van der Waals surface area contributed by atoms with E-state index in [1.54, 1.807) is 25.3 Å². The quantitative estimate of drug-likeness (QED) is 0.754. The number of rotatable bonds is 3. The highest BCUT2D eigenvalue weighted by Gasteiger charge is 2.15. The van der Waals surface area contributed by atoms with Gasteiger partial charge in [0.15, 0.2) is 0 Å². The summed E-state index contributed by atoms with van der Waals surface area (Å²) in [5, 5.41) is 3.11. The van der Waals surface area contributed by atoms with Gasteiger partial charge in [-0.2, -0.15) is 0 Å². The molecule has 7 heteroatoms. The monoisotopic (exact) mass is 388 g/mol. The number of methoxy groups -OCH3 is 1. The number of hydrogen-bond acceptors (Lipinski definition) is 3. The van der Waals surface area contributed by atoms with Crippen LogP contribution in [0.5, 0.6) is 5.75 Å². The van der Waals surface area contributed by atoms with Crippen molar-refractivity contribution in [3.05, 3.63) is 50.4 Å². The molecule has 0 aromatic heterocycles. The van der Waals surface area contributed by atoms with E-state index < -0.39 is 5.91 Å². The Morgan fingerprint density at radius 1 is 1.29 bits per heavy atom. The van der Waals surface area contributed by atoms with Crippen LogP contribution in [0.2, 0.25) is 10.0 Å². The van der Waals surface area contributed by atoms with Gasteiger partial charge in [-0.05, 0) is 40.2 Å². The third-order valence-corrected chi connectivity index (χ3v) is 4.16. The zero-order valence-corrected chi connectivity index (χ0v) is 14.0. The van der Waals surface area contributed by atoms with E-state index in [0.717, 1.165) is 4.47 Å². The molecule has 3 N–H and O–H groups in total. The molecule has 0 spiro atoms. The first-order valence-electron chi connectivity index (χ1n) is 5.81. The van der Waals surface area contributed by atoms with Crippen LogP contribution in [0.25, 0.3) is 0 Å². The summed E-state index contributed by atoms with van der Waals surface area (Å²) in [7, 11) is 1.54. The van der Waals surface area contributed by atoms with Crippen molar-refractivity contribution in [3.63, 3.8) is 0 Å². The number of nitrogens with two attached hydrogens (primary N) is 1. The molecule has 2 aromatic rings. The fraction of sp³-hybridized carbons (Fsp3) is 0.0714. The SMILES string of the molecule is COc1cc(NC(=O)c2cc(N)cc(Cl)c2Cl)ccc1Br. The molecule has 0 aliphatic carbocycles. The van der Waals surface area contributed by atoms with E-state index >= 15 is 0 Å². The number of amides is 1. The van der Waals surface area contributed by atoms with Gasteiger partial charge < -0.3 is 15.8 Å². The van der Waals surface area contributed by atoms with Crippen molar-refractivity contribution in [2.45, 2.75) is 0 Å². The van der Waals surface area contributed by atoms with Crippen LogP contribution in [0.1, 0.15) is 10.4 Å². The van der Waals surface area contributed by atoms with Crippen molar-refractivity contribution in [2.24, 2.45) is 0 Å². The largest absolute Gasteiger partial charge is 0.495 e. The van der Waals surface area contributed by atoms with Crippen LogP contribution in [-0.2, 0) is 0 Å². The Morgan fingerprint density at radius 3 is 2.67 bits per heavy atom. The molecule has 0 saturated carbocycles. The van der Waals surface area contributed by atoms with Crippen LogP contribution in [0.3, 0.4) is 0 Å². The lowest BCUT2D eigenvalue weighted by molar-refractivity contribution is 0.102. The summed E-state index contributed by atoms with van der Waals surface area (Å²) >= 11 is 15.3. The zero-order valence-electron chi connectivity index (χ0n) is 10.9. The highest BCUT2D eigenvalue weighted by molar-refractivity contribution is 9.10. The van der Waals surface area contributed by atoms with Gasteiger partial charge in [0.1, 0.15) is 5.75 Å². The maximum absolute atomic E-state index is 12.3. The second-order valence-electron chi connectivity index (χ2n) is 4.17. The van der Waals surface area contributed by atoms with Crippen molar-refractivity contribution in [1.29, 1.82) is 0 Å². The number of halogens is 3. The Hall–Kier alpha value is -1.43. The zero-order chi connectivity index (χ0) is 15.6. The molecule has 0 bridgehead atoms. The molecule has 0 aliphatic rings. The van der Waals surface area contributed by atoms with E-state index in [1.165, 1.54) is 12.1 Å². The van der Waals surface area contributed by atoms with Gasteiger partial charge >= 0.3 is 0 Å². The third kappa shape index (κ3) is 3.61. The molecule has 110 valence electrons. The average Bonchev–Trinajstić information content (AvgIpc) is 2.44. The summed E-state index contributed by atoms with van der Waals surface area (Å²) in [5.74, 6) is 0.197. The molecular weight excluding hydrogens is 379 g/mol. The molecule has 2 aromatic carbocycles. The number of carbonyl (C=O) groups excluding carboxylic acids is 1. The fourth-order valence-corrected chi connectivity index (χ4v) is 2.54. The van der Waals surface area contributed by atoms with Gasteiger partial charge in [0.05, 0.1) is 27.2 Å². The fourth-order valence-electron chi connectivity index (χ4n) is 1.71. The van der Waals surface area contributed by atoms with E-state index in [2.05, 4.69) is 21.2 Å². The predicted octanol–water partition coefficient (Wildman–Crippen LogP) is 4.60. The second kappa shape index (κ2) is 6.56. The summed E-state index contributed by atoms with van der Waals surface area (Å²) in [6, 6.07) is 8.14. The Bertz CT molecular complexity index is 708. The van der Waals surface area contributed by atoms with Gasteiger partial charge in [-0.25, -0.2) is 0 Å². The van der Waals surface area contributed by atoms with Gasteiger partial charge in [-0.1, -0.05) is 23.2 Å². The molecule has 21 heavy (non-hydrogen) atoms. The number of carbonyl (C=O) groups is 1. The normalized spacial score (nSPS) is 10.3. The van der Waals surface area contributed by atoms with Gasteiger partial charge in [0.2, 0.25) is 0 Å². The van der Waals surface area contributed by atoms with Gasteiger partial charge in [-0.3, -0.25) is 4.79 Å². The topological polar surface area (TPSA) is 64.3 Å². The second-order valence-corrected chi connectivity index (χ2v) is 5.81. The molecule has 0 unspecified atom stereocenters. The van der Waals surface area contributed by atoms with Crippen LogP contribution in [0, 0.1) is 0 Å². The molecule has 4 nitrogen and oxygen atoms in total. The number of anilines is 2. The van der Waals surface area contributed by atoms with E-state index in [4.69, 9.17) is 33.7 Å². The smallest absolute Gasteiger partial charge is 0.257 e. The lowest BCUT2D eigenvalue weighted by Gasteiger charge is -2.10. The molecule has 0 saturated heterocycles. The summed E-state index contributed by atoms with van der Waals surface area (Å²) in [4.78, 5) is 12.3. The molecule has 0 radical (unpaired) electrons. The Balaban J connectivity index is 2.30. The molecule has 1 amide bonds. The van der Waals surface area contributed by atoms with E-state index in [9.17, 15) is 4.79 Å². The van der Waals surface area contributed by atoms with Gasteiger partial charge in [0, 0.05) is 17.4 Å². The summed E-state index contributed by atoms with van der Waals surface area (Å²) in [5.41, 5.74) is 6.82. The molecule has 0 aliphatic heterocycles. The number of hydrogen-bond donors (Lipinski definition) is 2. The number of nitrogen functional groups attached to an aromatic ring is 1. The lowest BCUT2D eigenvalue weighted by Crippen LogP contribution is -2.13. The van der Waals surface area contributed by atoms with E-state index in [0.29, 0.717) is 17.1 Å². The Labute approximate surface area is 140 Å². The van der Waals surface area contributed by atoms with Crippen molar-refractivity contribution in [1.82, 2.24) is 0 Å². The third-order valence-electron chi connectivity index (χ3n) is 2.70. The standard InChI is InChI=1S/C14H11BrCl2N2O2/c1-21-12-6-8(2-3-10(12)15)19-14(20)9-4-7(18)5-11(16)13(9)17/h2-6H,18H2,1H3,(H,19,20). The van der Waals surface area contributed by atoms with Crippen LogP contribution >= 0.6 is 39.1 Å². The van der Waals surface area contributed by atoms with Crippen LogP contribution < -0.4 is 15.8 Å². The molecule has 0 heterocycles. The lowest BCUT2D eigenvalue weighted by atomic mass is 10.1. The van der Waals surface area contributed by atoms with Gasteiger partial charge in [-0.15, -0.1) is 0 Å². The Morgan fingerprint density at radius 2 is 2.00 bits per heavy atom. The van der Waals surface area contributed by atoms with Gasteiger partial charge in [0.25, 0.3) is 5.91 Å². The molecular formula is C14H11BrCl2N2O2. The summed E-state index contributed by atoms with van der Waals surface area (Å²) < 4.78 is 5.95. The average molecular weight is 390 g/mol. The number of nitrogens with one attached hydrogen (secondary N) is 1. The summed E-state index contributed by atoms with van der Waals surface area (Å²) in [6.45, 7) is 0. The van der Waals surface area contributed by atoms with Crippen LogP contribution in [0.15, 0.2) is 34.8 Å². The van der Waals surface area contributed by atoms with Crippen molar-refractivity contribution in [2.75, 3.05) is 18.2 Å². The van der Waals surface area contributed by atoms with Crippen molar-refractivity contribution < 1.29 is 9.53 Å². The first kappa shape index (κ1) is 15.9. The minimum atomic E-state index is -0.404. The maximum Gasteiger partial charge on any atom is 0.257 e. The van der Waals surface area contributed by atoms with E-state index in [-0.39, 0.29) is 15.6 Å². The highest BCUT2D eigenvalue weighted by Crippen LogP contribution is 2.31. The summed E-state index contributed by atoms with van der Waals surface area (Å²) in [6.07, 6.45) is 0. The van der Waals surface area contributed by atoms with Crippen LogP contribution in [0.4, 0.5) is 11.4 Å². The first-order chi connectivity index (χ1) is 9.92. The maximum atomic E-state index is 12.3. The Kier molecular flexibility index (Phi) is 4.98. The highest BCUT2D eigenvalue weighted by atomic mass is 79.9. The minimum absolute atomic E-state index is 0.160. The minimum Gasteiger partial charge on any atom is -0.495 e. The first-order valence-corrected chi connectivity index (χ1v) is 7.36.